The van der Waals surface area contributed by atoms with Crippen LogP contribution in [0.4, 0.5) is 0 Å². The van der Waals surface area contributed by atoms with Gasteiger partial charge in [-0.3, -0.25) is 0 Å². The van der Waals surface area contributed by atoms with E-state index in [1.165, 1.54) is 19.3 Å². The zero-order valence-corrected chi connectivity index (χ0v) is 18.2. The van der Waals surface area contributed by atoms with E-state index >= 15 is 0 Å². The lowest BCUT2D eigenvalue weighted by Gasteiger charge is -2.26. The number of hydrogen-bond acceptors (Lipinski definition) is 4. The average molecular weight is 411 g/mol. The van der Waals surface area contributed by atoms with Crippen molar-refractivity contribution >= 4 is 5.96 Å². The maximum Gasteiger partial charge on any atom is 0.213 e. The van der Waals surface area contributed by atoms with E-state index < -0.39 is 0 Å². The van der Waals surface area contributed by atoms with E-state index in [1.54, 1.807) is 6.20 Å². The molecule has 6 heteroatoms. The quantitative estimate of drug-likeness (QED) is 0.502. The number of nitrogens with one attached hydrogen (secondary N) is 1. The lowest BCUT2D eigenvalue weighted by Crippen LogP contribution is -2.40. The molecule has 1 saturated heterocycles. The van der Waals surface area contributed by atoms with E-state index in [1.807, 2.05) is 42.5 Å². The van der Waals surface area contributed by atoms with Crippen LogP contribution in [-0.4, -0.2) is 49.2 Å². The van der Waals surface area contributed by atoms with E-state index in [0.29, 0.717) is 19.0 Å². The van der Waals surface area contributed by atoms with E-state index in [2.05, 4.69) is 29.2 Å². The molecule has 0 unspecified atom stereocenters. The van der Waals surface area contributed by atoms with Crippen LogP contribution in [0.2, 0.25) is 0 Å². The predicted octanol–water partition coefficient (Wildman–Crippen LogP) is 3.87. The first kappa shape index (κ1) is 22.1. The Hall–Kier alpha value is -2.60. The number of aliphatic imine (C=N–C) groups is 1. The van der Waals surface area contributed by atoms with E-state index in [-0.39, 0.29) is 0 Å². The molecule has 0 bridgehead atoms. The molecule has 0 spiro atoms. The van der Waals surface area contributed by atoms with Gasteiger partial charge in [-0.2, -0.15) is 0 Å². The van der Waals surface area contributed by atoms with Gasteiger partial charge in [-0.1, -0.05) is 30.3 Å². The van der Waals surface area contributed by atoms with Crippen LogP contribution in [0.1, 0.15) is 37.3 Å². The first-order valence-electron chi connectivity index (χ1n) is 10.9. The lowest BCUT2D eigenvalue weighted by molar-refractivity contribution is 0.0625. The van der Waals surface area contributed by atoms with Gasteiger partial charge in [0.1, 0.15) is 6.61 Å². The van der Waals surface area contributed by atoms with Crippen LogP contribution in [0.15, 0.2) is 53.7 Å². The molecule has 3 rings (SSSR count). The van der Waals surface area contributed by atoms with Crippen molar-refractivity contribution in [3.63, 3.8) is 0 Å². The molecule has 0 atom stereocenters. The average Bonchev–Trinajstić information content (AvgIpc) is 2.80. The van der Waals surface area contributed by atoms with Crippen molar-refractivity contribution in [1.82, 2.24) is 15.2 Å². The molecule has 0 amide bonds. The second kappa shape index (κ2) is 12.2. The lowest BCUT2D eigenvalue weighted by atomic mass is 9.96. The highest BCUT2D eigenvalue weighted by Gasteiger charge is 2.15. The van der Waals surface area contributed by atoms with Crippen molar-refractivity contribution in [2.75, 3.05) is 33.4 Å². The summed E-state index contributed by atoms with van der Waals surface area (Å²) in [5.41, 5.74) is 2.21. The summed E-state index contributed by atoms with van der Waals surface area (Å²) in [6.45, 7) is 6.86. The molecule has 1 aliphatic heterocycles. The summed E-state index contributed by atoms with van der Waals surface area (Å²) in [6.07, 6.45) is 5.30. The number of pyridine rings is 1. The zero-order valence-electron chi connectivity index (χ0n) is 18.2. The molecule has 30 heavy (non-hydrogen) atoms. The second-order valence-electron chi connectivity index (χ2n) is 7.71. The van der Waals surface area contributed by atoms with E-state index in [9.17, 15) is 0 Å². The van der Waals surface area contributed by atoms with Gasteiger partial charge < -0.3 is 19.7 Å². The van der Waals surface area contributed by atoms with Gasteiger partial charge in [0, 0.05) is 45.6 Å². The fraction of sp³-hybridized carbons (Fsp3) is 0.500. The monoisotopic (exact) mass is 410 g/mol. The van der Waals surface area contributed by atoms with Gasteiger partial charge in [0.25, 0.3) is 0 Å². The fourth-order valence-electron chi connectivity index (χ4n) is 3.51. The highest BCUT2D eigenvalue weighted by Crippen LogP contribution is 2.18. The van der Waals surface area contributed by atoms with Gasteiger partial charge in [0.15, 0.2) is 5.96 Å². The maximum absolute atomic E-state index is 5.84. The zero-order chi connectivity index (χ0) is 21.0. The Labute approximate surface area is 180 Å². The summed E-state index contributed by atoms with van der Waals surface area (Å²) in [7, 11) is 2.11. The topological polar surface area (TPSA) is 59.0 Å². The summed E-state index contributed by atoms with van der Waals surface area (Å²) < 4.78 is 11.3. The third kappa shape index (κ3) is 7.34. The van der Waals surface area contributed by atoms with Crippen molar-refractivity contribution in [1.29, 1.82) is 0 Å². The molecule has 1 aromatic heterocycles. The molecular weight excluding hydrogens is 376 g/mol. The van der Waals surface area contributed by atoms with Crippen molar-refractivity contribution in [3.8, 4) is 5.88 Å². The Morgan fingerprint density at radius 2 is 2.00 bits per heavy atom. The SMILES string of the molecule is CCNC(=NCc1ccnc(OCc2ccccc2)c1)N(C)CCC1CCOCC1. The van der Waals surface area contributed by atoms with Crippen molar-refractivity contribution < 1.29 is 9.47 Å². The Morgan fingerprint density at radius 3 is 2.77 bits per heavy atom. The molecule has 2 aromatic rings. The van der Waals surface area contributed by atoms with Gasteiger partial charge >= 0.3 is 0 Å². The number of aromatic nitrogens is 1. The molecule has 2 heterocycles. The molecule has 0 aliphatic carbocycles. The molecule has 1 aromatic carbocycles. The summed E-state index contributed by atoms with van der Waals surface area (Å²) in [4.78, 5) is 11.4. The summed E-state index contributed by atoms with van der Waals surface area (Å²) >= 11 is 0. The van der Waals surface area contributed by atoms with Crippen LogP contribution in [-0.2, 0) is 17.9 Å². The Kier molecular flexibility index (Phi) is 8.97. The second-order valence-corrected chi connectivity index (χ2v) is 7.71. The molecule has 6 nitrogen and oxygen atoms in total. The van der Waals surface area contributed by atoms with Crippen LogP contribution in [0.3, 0.4) is 0 Å². The number of rotatable bonds is 9. The van der Waals surface area contributed by atoms with Gasteiger partial charge in [0.2, 0.25) is 5.88 Å². The predicted molar refractivity (Wildman–Crippen MR) is 121 cm³/mol. The standard InChI is InChI=1S/C24H34N4O2/c1-3-25-24(28(2)14-10-20-11-15-29-16-12-20)27-18-22-9-13-26-23(17-22)30-19-21-7-5-4-6-8-21/h4-9,13,17,20H,3,10-12,14-16,18-19H2,1-2H3,(H,25,27). The molecule has 1 fully saturated rings. The number of guanidine groups is 1. The molecule has 1 aliphatic rings. The van der Waals surface area contributed by atoms with Crippen molar-refractivity contribution in [3.05, 3.63) is 59.8 Å². The van der Waals surface area contributed by atoms with Gasteiger partial charge in [-0.05, 0) is 49.3 Å². The normalized spacial score (nSPS) is 15.1. The number of hydrogen-bond donors (Lipinski definition) is 1. The minimum atomic E-state index is 0.512. The van der Waals surface area contributed by atoms with E-state index in [0.717, 1.165) is 49.3 Å². The summed E-state index contributed by atoms with van der Waals surface area (Å²) in [5, 5.41) is 3.41. The third-order valence-electron chi connectivity index (χ3n) is 5.35. The third-order valence-corrected chi connectivity index (χ3v) is 5.35. The highest BCUT2D eigenvalue weighted by molar-refractivity contribution is 5.79. The molecule has 1 N–H and O–H groups in total. The Bertz CT molecular complexity index is 776. The highest BCUT2D eigenvalue weighted by atomic mass is 16.5. The minimum absolute atomic E-state index is 0.512. The maximum atomic E-state index is 5.84. The Morgan fingerprint density at radius 1 is 1.20 bits per heavy atom. The van der Waals surface area contributed by atoms with Crippen LogP contribution >= 0.6 is 0 Å². The molecule has 162 valence electrons. The van der Waals surface area contributed by atoms with Gasteiger partial charge in [-0.15, -0.1) is 0 Å². The van der Waals surface area contributed by atoms with Crippen LogP contribution in [0, 0.1) is 5.92 Å². The first-order valence-corrected chi connectivity index (χ1v) is 10.9. The minimum Gasteiger partial charge on any atom is -0.473 e. The summed E-state index contributed by atoms with van der Waals surface area (Å²) in [6, 6.07) is 14.1. The largest absolute Gasteiger partial charge is 0.473 e. The van der Waals surface area contributed by atoms with Gasteiger partial charge in [0.05, 0.1) is 6.54 Å². The van der Waals surface area contributed by atoms with Crippen molar-refractivity contribution in [2.45, 2.75) is 39.3 Å². The van der Waals surface area contributed by atoms with Crippen LogP contribution in [0.25, 0.3) is 0 Å². The smallest absolute Gasteiger partial charge is 0.213 e. The Balaban J connectivity index is 1.54. The van der Waals surface area contributed by atoms with Crippen LogP contribution in [0.5, 0.6) is 5.88 Å². The first-order chi connectivity index (χ1) is 14.7. The van der Waals surface area contributed by atoms with Crippen molar-refractivity contribution in [2.24, 2.45) is 10.9 Å². The van der Waals surface area contributed by atoms with Crippen LogP contribution < -0.4 is 10.1 Å². The molecule has 0 radical (unpaired) electrons. The number of ether oxygens (including phenoxy) is 2. The number of nitrogens with zero attached hydrogens (tertiary/aromatic N) is 3. The molecule has 0 saturated carbocycles. The van der Waals surface area contributed by atoms with Gasteiger partial charge in [-0.25, -0.2) is 9.98 Å². The summed E-state index contributed by atoms with van der Waals surface area (Å²) in [5.74, 6) is 2.33. The number of benzene rings is 1. The fourth-order valence-corrected chi connectivity index (χ4v) is 3.51. The molecular formula is C24H34N4O2. The van der Waals surface area contributed by atoms with E-state index in [4.69, 9.17) is 14.5 Å².